The van der Waals surface area contributed by atoms with Crippen LogP contribution in [0.3, 0.4) is 0 Å². The molecule has 2 aliphatic rings. The van der Waals surface area contributed by atoms with Gasteiger partial charge in [-0.2, -0.15) is 4.39 Å². The van der Waals surface area contributed by atoms with Crippen molar-refractivity contribution in [2.24, 2.45) is 5.92 Å². The summed E-state index contributed by atoms with van der Waals surface area (Å²) in [6, 6.07) is 9.14. The molecule has 2 atom stereocenters. The van der Waals surface area contributed by atoms with Gasteiger partial charge in [-0.1, -0.05) is 51.1 Å². The second-order valence-corrected chi connectivity index (χ2v) is 18.7. The largest absolute Gasteiger partial charge is 0.486 e. The first kappa shape index (κ1) is 36.5. The van der Waals surface area contributed by atoms with Crippen molar-refractivity contribution in [2.75, 3.05) is 13.2 Å². The molecule has 3 aromatic rings. The summed E-state index contributed by atoms with van der Waals surface area (Å²) in [6.45, 7) is 15.9. The molecule has 1 saturated carbocycles. The number of fused-ring (bicyclic) bond motifs is 1. The van der Waals surface area contributed by atoms with Crippen molar-refractivity contribution in [1.29, 1.82) is 0 Å². The predicted molar refractivity (Wildman–Crippen MR) is 186 cm³/mol. The molecule has 1 aliphatic carbocycles. The van der Waals surface area contributed by atoms with Crippen LogP contribution < -0.4 is 10.2 Å². The van der Waals surface area contributed by atoms with Gasteiger partial charge in [-0.15, -0.1) is 0 Å². The Morgan fingerprint density at radius 3 is 2.29 bits per heavy atom. The molecule has 266 valence electrons. The number of carbonyl (C=O) groups excluding carboxylic acids is 2. The lowest BCUT2D eigenvalue weighted by molar-refractivity contribution is 0.0145. The topological polar surface area (TPSA) is 96.3 Å². The number of hydrogen-bond acceptors (Lipinski definition) is 7. The third-order valence-corrected chi connectivity index (χ3v) is 10.6. The minimum atomic E-state index is -1.29. The van der Waals surface area contributed by atoms with E-state index in [4.69, 9.17) is 18.6 Å². The summed E-state index contributed by atoms with van der Waals surface area (Å²) >= 11 is 0. The van der Waals surface area contributed by atoms with E-state index in [1.54, 1.807) is 54.5 Å². The smallest absolute Gasteiger partial charge is 0.410 e. The van der Waals surface area contributed by atoms with E-state index in [9.17, 15) is 14.4 Å². The summed E-state index contributed by atoms with van der Waals surface area (Å²) in [6.07, 6.45) is 2.74. The first-order valence-electron chi connectivity index (χ1n) is 16.9. The van der Waals surface area contributed by atoms with Gasteiger partial charge in [0.15, 0.2) is 21.3 Å². The van der Waals surface area contributed by atoms with E-state index in [1.807, 2.05) is 19.9 Å². The monoisotopic (exact) mass is 698 g/mol. The molecule has 0 spiro atoms. The van der Waals surface area contributed by atoms with Gasteiger partial charge in [0.1, 0.15) is 24.4 Å². The van der Waals surface area contributed by atoms with Crippen LogP contribution in [-0.2, 0) is 20.5 Å². The second kappa shape index (κ2) is 13.9. The Morgan fingerprint density at radius 1 is 1.00 bits per heavy atom. The van der Waals surface area contributed by atoms with E-state index >= 15 is 8.78 Å². The zero-order valence-electron chi connectivity index (χ0n) is 29.7. The molecule has 12 heteroatoms. The average Bonchev–Trinajstić information content (AvgIpc) is 3.76. The fourth-order valence-electron chi connectivity index (χ4n) is 5.97. The molecule has 0 radical (unpaired) electrons. The molecule has 2 fully saturated rings. The summed E-state index contributed by atoms with van der Waals surface area (Å²) in [5, 5.41) is -0.125. The number of likely N-dealkylation sites (tertiary alicyclic amines) is 1. The van der Waals surface area contributed by atoms with E-state index in [-0.39, 0.29) is 46.7 Å². The highest BCUT2D eigenvalue weighted by Gasteiger charge is 2.45. The Morgan fingerprint density at radius 2 is 1.67 bits per heavy atom. The van der Waals surface area contributed by atoms with Gasteiger partial charge in [0.25, 0.3) is 0 Å². The lowest BCUT2D eigenvalue weighted by Gasteiger charge is -2.35. The van der Waals surface area contributed by atoms with E-state index in [0.717, 1.165) is 24.5 Å². The molecule has 49 heavy (non-hydrogen) atoms. The lowest BCUT2D eigenvalue weighted by Crippen LogP contribution is -2.43. The highest BCUT2D eigenvalue weighted by molar-refractivity contribution is 6.31. The van der Waals surface area contributed by atoms with Crippen molar-refractivity contribution in [3.05, 3.63) is 75.6 Å². The summed E-state index contributed by atoms with van der Waals surface area (Å²) in [5.74, 6) is -3.91. The van der Waals surface area contributed by atoms with Crippen LogP contribution >= 0.6 is 0 Å². The van der Waals surface area contributed by atoms with E-state index in [1.165, 1.54) is 6.20 Å². The maximum Gasteiger partial charge on any atom is 0.410 e. The van der Waals surface area contributed by atoms with Gasteiger partial charge in [-0.05, 0) is 70.5 Å². The summed E-state index contributed by atoms with van der Waals surface area (Å²) < 4.78 is 56.3. The van der Waals surface area contributed by atoms with Crippen LogP contribution in [0.15, 0.2) is 47.4 Å². The third-order valence-electron chi connectivity index (χ3n) is 8.86. The first-order chi connectivity index (χ1) is 22.8. The zero-order chi connectivity index (χ0) is 35.9. The molecule has 2 aromatic carbocycles. The van der Waals surface area contributed by atoms with Crippen molar-refractivity contribution >= 4 is 32.7 Å². The molecular formula is C37H48F2N2O7Si. The van der Waals surface area contributed by atoms with Gasteiger partial charge in [-0.3, -0.25) is 4.79 Å². The summed E-state index contributed by atoms with van der Waals surface area (Å²) in [5.41, 5.74) is -1.57. The number of esters is 1. The number of pyridine rings is 1. The van der Waals surface area contributed by atoms with E-state index in [2.05, 4.69) is 20.8 Å². The predicted octanol–water partition coefficient (Wildman–Crippen LogP) is 7.07. The first-order valence-corrected chi connectivity index (χ1v) is 18.2. The molecule has 9 nitrogen and oxygen atoms in total. The summed E-state index contributed by atoms with van der Waals surface area (Å²) in [4.78, 5) is 41.8. The number of ether oxygens (including phenoxy) is 3. The molecule has 5 rings (SSSR count). The molecule has 0 N–H and O–H groups in total. The van der Waals surface area contributed by atoms with Gasteiger partial charge in [0.2, 0.25) is 11.2 Å². The van der Waals surface area contributed by atoms with Crippen molar-refractivity contribution in [3.8, 4) is 5.75 Å². The second-order valence-electron chi connectivity index (χ2n) is 16.0. The van der Waals surface area contributed by atoms with Crippen LogP contribution in [0.25, 0.3) is 10.9 Å². The van der Waals surface area contributed by atoms with Crippen LogP contribution in [0.5, 0.6) is 5.75 Å². The minimum Gasteiger partial charge on any atom is -0.486 e. The molecule has 1 amide bonds. The molecular weight excluding hydrogens is 650 g/mol. The molecule has 1 aliphatic heterocycles. The molecule has 0 unspecified atom stereocenters. The standard InChI is InChI=1S/C37H48F2N2O7Si/c1-35(2,3)47-34(44)41-18-23(37(7,8)48-49-36(4,5)6)16-25(41)21-45-32-29(39)28(38)17-26-30(32)40(24-14-15-24)19-27(31(26)42)33(43)46-20-22-12-10-9-11-13-22/h9-13,17,19,23-25H,14-16,18,20-21,49H2,1-8H3/t23-,25+/m1/s1. The average molecular weight is 699 g/mol. The van der Waals surface area contributed by atoms with Gasteiger partial charge < -0.3 is 28.1 Å². The van der Waals surface area contributed by atoms with Gasteiger partial charge in [-0.25, -0.2) is 14.0 Å². The van der Waals surface area contributed by atoms with E-state index in [0.29, 0.717) is 13.0 Å². The Labute approximate surface area is 288 Å². The number of rotatable bonds is 10. The van der Waals surface area contributed by atoms with E-state index < -0.39 is 61.9 Å². The number of nitrogens with zero attached hydrogens (tertiary/aromatic N) is 2. The number of hydrogen-bond donors (Lipinski definition) is 0. The normalized spacial score (nSPS) is 18.8. The fourth-order valence-corrected chi connectivity index (χ4v) is 7.01. The van der Waals surface area contributed by atoms with Crippen LogP contribution in [-0.4, -0.2) is 61.7 Å². The Bertz CT molecular complexity index is 1760. The Hall–Kier alpha value is -3.77. The van der Waals surface area contributed by atoms with Crippen molar-refractivity contribution in [2.45, 2.75) is 110 Å². The van der Waals surface area contributed by atoms with Crippen molar-refractivity contribution in [3.63, 3.8) is 0 Å². The van der Waals surface area contributed by atoms with Crippen molar-refractivity contribution < 1.29 is 37.0 Å². The zero-order valence-corrected chi connectivity index (χ0v) is 31.1. The Kier molecular flexibility index (Phi) is 10.3. The number of carbonyl (C=O) groups is 2. The lowest BCUT2D eigenvalue weighted by atomic mass is 9.89. The van der Waals surface area contributed by atoms with Crippen LogP contribution in [0.1, 0.15) is 96.6 Å². The Balaban J connectivity index is 1.47. The maximum absolute atomic E-state index is 15.7. The summed E-state index contributed by atoms with van der Waals surface area (Å²) in [7, 11) is -0.915. The van der Waals surface area contributed by atoms with Gasteiger partial charge in [0.05, 0.1) is 22.5 Å². The van der Waals surface area contributed by atoms with Gasteiger partial charge in [0, 0.05) is 24.7 Å². The number of halogens is 2. The number of benzene rings is 2. The van der Waals surface area contributed by atoms with Gasteiger partial charge >= 0.3 is 12.1 Å². The highest BCUT2D eigenvalue weighted by atomic mass is 28.2. The highest BCUT2D eigenvalue weighted by Crippen LogP contribution is 2.42. The molecule has 0 bridgehead atoms. The maximum atomic E-state index is 15.7. The quantitative estimate of drug-likeness (QED) is 0.165. The fraction of sp³-hybridized carbons (Fsp3) is 0.541. The minimum absolute atomic E-state index is 0.0521. The SMILES string of the molecule is CC(C)(C)OC(=O)N1C[C@H](C(C)(C)O[SiH2]C(C)(C)C)C[C@H]1COc1c(F)c(F)cc2c(=O)c(C(=O)OCc3ccccc3)cn(C3CC3)c12. The number of amides is 1. The van der Waals surface area contributed by atoms with Crippen LogP contribution in [0.2, 0.25) is 5.04 Å². The third kappa shape index (κ3) is 8.70. The van der Waals surface area contributed by atoms with Crippen LogP contribution in [0.4, 0.5) is 13.6 Å². The molecule has 1 saturated heterocycles. The molecule has 2 heterocycles. The van der Waals surface area contributed by atoms with Crippen LogP contribution in [0, 0.1) is 17.6 Å². The van der Waals surface area contributed by atoms with Crippen molar-refractivity contribution in [1.82, 2.24) is 9.47 Å². The number of aromatic nitrogens is 1. The molecule has 1 aromatic heterocycles.